The molecule has 20 heavy (non-hydrogen) atoms. The molecular weight excluding hydrogens is 270 g/mol. The molecule has 2 unspecified atom stereocenters. The van der Waals surface area contributed by atoms with Gasteiger partial charge in [0.15, 0.2) is 0 Å². The third-order valence-corrected chi connectivity index (χ3v) is 5.97. The molecule has 0 bridgehead atoms. The first kappa shape index (κ1) is 14.5. The Morgan fingerprint density at radius 3 is 2.95 bits per heavy atom. The van der Waals surface area contributed by atoms with Crippen LogP contribution in [-0.4, -0.2) is 25.4 Å². The van der Waals surface area contributed by atoms with E-state index in [9.17, 15) is 0 Å². The predicted octanol–water partition coefficient (Wildman–Crippen LogP) is 3.29. The second-order valence-corrected chi connectivity index (χ2v) is 7.03. The van der Waals surface area contributed by atoms with E-state index in [1.165, 1.54) is 10.4 Å². The van der Waals surface area contributed by atoms with Crippen molar-refractivity contribution in [3.63, 3.8) is 0 Å². The molecule has 1 spiro atoms. The molecule has 0 aliphatic carbocycles. The van der Waals surface area contributed by atoms with Gasteiger partial charge in [0.1, 0.15) is 0 Å². The molecule has 0 aromatic carbocycles. The van der Waals surface area contributed by atoms with Crippen LogP contribution >= 0.6 is 11.3 Å². The van der Waals surface area contributed by atoms with Gasteiger partial charge in [-0.15, -0.1) is 11.3 Å². The molecule has 3 rings (SSSR count). The highest BCUT2D eigenvalue weighted by molar-refractivity contribution is 7.10. The number of thiophene rings is 1. The molecule has 2 fully saturated rings. The molecular formula is C16H25NO2S. The van der Waals surface area contributed by atoms with Gasteiger partial charge in [-0.25, -0.2) is 0 Å². The molecule has 0 radical (unpaired) electrons. The summed E-state index contributed by atoms with van der Waals surface area (Å²) >= 11 is 1.82. The fraction of sp³-hybridized carbons (Fsp3) is 0.750. The van der Waals surface area contributed by atoms with Crippen LogP contribution in [0.2, 0.25) is 0 Å². The van der Waals surface area contributed by atoms with E-state index in [0.29, 0.717) is 5.92 Å². The van der Waals surface area contributed by atoms with Crippen molar-refractivity contribution in [1.29, 1.82) is 0 Å². The van der Waals surface area contributed by atoms with Crippen LogP contribution in [0.4, 0.5) is 0 Å². The first-order chi connectivity index (χ1) is 9.74. The number of ether oxygens (including phenoxy) is 2. The number of rotatable bonds is 3. The van der Waals surface area contributed by atoms with Gasteiger partial charge in [0.05, 0.1) is 5.60 Å². The summed E-state index contributed by atoms with van der Waals surface area (Å²) < 4.78 is 11.6. The number of aryl methyl sites for hydroxylation is 1. The van der Waals surface area contributed by atoms with Crippen LogP contribution in [0, 0.1) is 5.92 Å². The van der Waals surface area contributed by atoms with Gasteiger partial charge in [-0.3, -0.25) is 0 Å². The van der Waals surface area contributed by atoms with Crippen LogP contribution in [0.5, 0.6) is 0 Å². The quantitative estimate of drug-likeness (QED) is 0.930. The minimum absolute atomic E-state index is 0.0441. The second kappa shape index (κ2) is 6.14. The average Bonchev–Trinajstić information content (AvgIpc) is 2.96. The summed E-state index contributed by atoms with van der Waals surface area (Å²) in [5, 5.41) is 2.18. The minimum atomic E-state index is 0.0441. The summed E-state index contributed by atoms with van der Waals surface area (Å²) in [6.07, 6.45) is 5.32. The van der Waals surface area contributed by atoms with Crippen molar-refractivity contribution in [1.82, 2.24) is 0 Å². The van der Waals surface area contributed by atoms with E-state index < -0.39 is 0 Å². The first-order valence-electron chi connectivity index (χ1n) is 7.78. The molecule has 2 atom stereocenters. The molecule has 1 aromatic heterocycles. The lowest BCUT2D eigenvalue weighted by Gasteiger charge is -2.44. The number of hydrogen-bond donors (Lipinski definition) is 1. The molecule has 112 valence electrons. The fourth-order valence-electron chi connectivity index (χ4n) is 3.61. The van der Waals surface area contributed by atoms with Crippen LogP contribution in [0.15, 0.2) is 11.4 Å². The standard InChI is InChI=1S/C16H25NO2S/c1-2-12-4-10-20-15(12)14(17)13-3-7-19-16(11-13)5-8-18-9-6-16/h4,10,13-14H,2-3,5-9,11,17H2,1H3. The van der Waals surface area contributed by atoms with Crippen molar-refractivity contribution in [2.24, 2.45) is 11.7 Å². The van der Waals surface area contributed by atoms with E-state index in [1.54, 1.807) is 0 Å². The number of hydrogen-bond acceptors (Lipinski definition) is 4. The van der Waals surface area contributed by atoms with Gasteiger partial charge in [-0.1, -0.05) is 6.92 Å². The van der Waals surface area contributed by atoms with Crippen molar-refractivity contribution < 1.29 is 9.47 Å². The predicted molar refractivity (Wildman–Crippen MR) is 82.1 cm³/mol. The van der Waals surface area contributed by atoms with E-state index in [4.69, 9.17) is 15.2 Å². The molecule has 2 aliphatic heterocycles. The lowest BCUT2D eigenvalue weighted by atomic mass is 9.77. The van der Waals surface area contributed by atoms with Crippen LogP contribution < -0.4 is 5.73 Å². The Balaban J connectivity index is 1.73. The Morgan fingerprint density at radius 1 is 1.40 bits per heavy atom. The topological polar surface area (TPSA) is 44.5 Å². The second-order valence-electron chi connectivity index (χ2n) is 6.09. The molecule has 0 saturated carbocycles. The molecule has 3 heterocycles. The Hall–Kier alpha value is -0.420. The van der Waals surface area contributed by atoms with Gasteiger partial charge >= 0.3 is 0 Å². The molecule has 2 saturated heterocycles. The van der Waals surface area contributed by atoms with Crippen molar-refractivity contribution >= 4 is 11.3 Å². The summed E-state index contributed by atoms with van der Waals surface area (Å²) in [6.45, 7) is 4.73. The molecule has 1 aromatic rings. The van der Waals surface area contributed by atoms with Gasteiger partial charge in [0, 0.05) is 30.7 Å². The maximum atomic E-state index is 6.60. The van der Waals surface area contributed by atoms with Crippen LogP contribution in [0.1, 0.15) is 49.1 Å². The average molecular weight is 295 g/mol. The van der Waals surface area contributed by atoms with Gasteiger partial charge < -0.3 is 15.2 Å². The molecule has 3 nitrogen and oxygen atoms in total. The summed E-state index contributed by atoms with van der Waals surface area (Å²) in [7, 11) is 0. The highest BCUT2D eigenvalue weighted by Gasteiger charge is 2.41. The van der Waals surface area contributed by atoms with E-state index >= 15 is 0 Å². The Labute approximate surface area is 125 Å². The maximum absolute atomic E-state index is 6.60. The van der Waals surface area contributed by atoms with Gasteiger partial charge in [0.2, 0.25) is 0 Å². The third-order valence-electron chi connectivity index (χ3n) is 4.91. The number of nitrogens with two attached hydrogens (primary N) is 1. The van der Waals surface area contributed by atoms with Crippen molar-refractivity contribution in [2.45, 2.75) is 50.7 Å². The van der Waals surface area contributed by atoms with Gasteiger partial charge in [-0.05, 0) is 55.0 Å². The van der Waals surface area contributed by atoms with E-state index in [-0.39, 0.29) is 11.6 Å². The fourth-order valence-corrected chi connectivity index (χ4v) is 4.70. The smallest absolute Gasteiger partial charge is 0.0729 e. The maximum Gasteiger partial charge on any atom is 0.0729 e. The zero-order valence-electron chi connectivity index (χ0n) is 12.3. The van der Waals surface area contributed by atoms with Crippen LogP contribution in [0.3, 0.4) is 0 Å². The Kier molecular flexibility index (Phi) is 4.46. The normalized spacial score (nSPS) is 27.6. The van der Waals surface area contributed by atoms with E-state index in [0.717, 1.165) is 51.9 Å². The highest BCUT2D eigenvalue weighted by Crippen LogP contribution is 2.42. The largest absolute Gasteiger partial charge is 0.381 e. The minimum Gasteiger partial charge on any atom is -0.381 e. The lowest BCUT2D eigenvalue weighted by Crippen LogP contribution is -2.46. The molecule has 2 N–H and O–H groups in total. The van der Waals surface area contributed by atoms with Crippen molar-refractivity contribution in [3.8, 4) is 0 Å². The summed E-state index contributed by atoms with van der Waals surface area (Å²) in [4.78, 5) is 1.39. The zero-order chi connectivity index (χ0) is 14.0. The van der Waals surface area contributed by atoms with Crippen LogP contribution in [0.25, 0.3) is 0 Å². The van der Waals surface area contributed by atoms with Gasteiger partial charge in [0.25, 0.3) is 0 Å². The summed E-state index contributed by atoms with van der Waals surface area (Å²) in [5.41, 5.74) is 8.07. The lowest BCUT2D eigenvalue weighted by molar-refractivity contribution is -0.149. The highest BCUT2D eigenvalue weighted by atomic mass is 32.1. The van der Waals surface area contributed by atoms with Crippen molar-refractivity contribution in [3.05, 3.63) is 21.9 Å². The van der Waals surface area contributed by atoms with E-state index in [1.807, 2.05) is 11.3 Å². The molecule has 2 aliphatic rings. The SMILES string of the molecule is CCc1ccsc1C(N)C1CCOC2(CCOCC2)C1. The summed E-state index contributed by atoms with van der Waals surface area (Å²) in [5.74, 6) is 0.547. The summed E-state index contributed by atoms with van der Waals surface area (Å²) in [6, 6.07) is 2.40. The van der Waals surface area contributed by atoms with Gasteiger partial charge in [-0.2, -0.15) is 0 Å². The van der Waals surface area contributed by atoms with Crippen molar-refractivity contribution in [2.75, 3.05) is 19.8 Å². The zero-order valence-corrected chi connectivity index (χ0v) is 13.1. The monoisotopic (exact) mass is 295 g/mol. The molecule has 0 amide bonds. The van der Waals surface area contributed by atoms with Crippen LogP contribution in [-0.2, 0) is 15.9 Å². The first-order valence-corrected chi connectivity index (χ1v) is 8.65. The molecule has 4 heteroatoms. The Bertz CT molecular complexity index is 434. The third kappa shape index (κ3) is 2.80. The Morgan fingerprint density at radius 2 is 2.20 bits per heavy atom. The van der Waals surface area contributed by atoms with E-state index in [2.05, 4.69) is 18.4 Å².